The second kappa shape index (κ2) is 7.07. The molecule has 1 saturated carbocycles. The lowest BCUT2D eigenvalue weighted by molar-refractivity contribution is -0.153. The summed E-state index contributed by atoms with van der Waals surface area (Å²) in [6.07, 6.45) is 5.07. The summed E-state index contributed by atoms with van der Waals surface area (Å²) in [7, 11) is 0. The number of amides is 1. The fourth-order valence-electron chi connectivity index (χ4n) is 8.69. The quantitative estimate of drug-likeness (QED) is 0.597. The zero-order valence-corrected chi connectivity index (χ0v) is 20.8. The highest BCUT2D eigenvalue weighted by molar-refractivity contribution is 6.15. The number of ketones is 1. The highest BCUT2D eigenvalue weighted by Crippen LogP contribution is 2.68. The van der Waals surface area contributed by atoms with Gasteiger partial charge in [-0.25, -0.2) is 4.99 Å². The molecule has 0 radical (unpaired) electrons. The van der Waals surface area contributed by atoms with Gasteiger partial charge in [0.1, 0.15) is 29.0 Å². The van der Waals surface area contributed by atoms with E-state index in [1.165, 1.54) is 0 Å². The molecule has 3 aliphatic carbocycles. The number of aryl methyl sites for hydroxylation is 2. The standard InChI is InChI=1S/C29H29N5O2/c1-16-11-17(2)13-18(12-16)33-23-7-4-8-24(33)34-26(32-23)28(14-30)20-9-10-21(35)25(20)19-5-3-6-22(28)29(19,15-31)27(34)36/h11-13,19,22-24H,3-10H2,1-2H3. The summed E-state index contributed by atoms with van der Waals surface area (Å²) in [5, 5.41) is 21.7. The molecule has 6 atom stereocenters. The number of hydrogen-bond donors (Lipinski definition) is 0. The van der Waals surface area contributed by atoms with Crippen LogP contribution in [0.4, 0.5) is 5.69 Å². The Morgan fingerprint density at radius 2 is 1.72 bits per heavy atom. The van der Waals surface area contributed by atoms with Crippen LogP contribution < -0.4 is 4.90 Å². The van der Waals surface area contributed by atoms with Crippen molar-refractivity contribution in [2.75, 3.05) is 4.90 Å². The van der Waals surface area contributed by atoms with E-state index in [0.29, 0.717) is 37.1 Å². The Balaban J connectivity index is 1.52. The van der Waals surface area contributed by atoms with Crippen LogP contribution in [0.15, 0.2) is 34.3 Å². The van der Waals surface area contributed by atoms with E-state index in [1.54, 1.807) is 4.90 Å². The Hall–Kier alpha value is -3.45. The van der Waals surface area contributed by atoms with Crippen LogP contribution >= 0.6 is 0 Å². The minimum absolute atomic E-state index is 0.0179. The number of carbonyl (C=O) groups is 2. The van der Waals surface area contributed by atoms with E-state index in [2.05, 4.69) is 49.1 Å². The summed E-state index contributed by atoms with van der Waals surface area (Å²) < 4.78 is 0. The van der Waals surface area contributed by atoms with E-state index in [-0.39, 0.29) is 24.0 Å². The summed E-state index contributed by atoms with van der Waals surface area (Å²) in [4.78, 5) is 37.0. The summed E-state index contributed by atoms with van der Waals surface area (Å²) in [6.45, 7) is 4.14. The van der Waals surface area contributed by atoms with Crippen LogP contribution in [-0.2, 0) is 9.59 Å². The first kappa shape index (κ1) is 21.8. The van der Waals surface area contributed by atoms with Gasteiger partial charge in [-0.05, 0) is 81.2 Å². The maximum atomic E-state index is 14.7. The smallest absolute Gasteiger partial charge is 0.251 e. The number of aliphatic imine (C=N–C) groups is 1. The number of nitrogens with zero attached hydrogens (tertiary/aromatic N) is 5. The van der Waals surface area contributed by atoms with E-state index in [1.807, 2.05) is 0 Å². The number of anilines is 1. The first-order valence-corrected chi connectivity index (χ1v) is 13.3. The summed E-state index contributed by atoms with van der Waals surface area (Å²) in [5.41, 5.74) is 2.25. The lowest BCUT2D eigenvalue weighted by atomic mass is 9.43. The minimum Gasteiger partial charge on any atom is -0.328 e. The zero-order chi connectivity index (χ0) is 25.0. The molecular weight excluding hydrogens is 450 g/mol. The van der Waals surface area contributed by atoms with Gasteiger partial charge in [0, 0.05) is 29.5 Å². The van der Waals surface area contributed by atoms with E-state index < -0.39 is 22.7 Å². The van der Waals surface area contributed by atoms with Crippen molar-refractivity contribution in [3.05, 3.63) is 40.5 Å². The molecule has 3 aliphatic heterocycles. The van der Waals surface area contributed by atoms with Gasteiger partial charge in [-0.3, -0.25) is 14.5 Å². The number of benzene rings is 1. The van der Waals surface area contributed by atoms with Crippen molar-refractivity contribution >= 4 is 23.2 Å². The molecule has 0 aromatic heterocycles. The monoisotopic (exact) mass is 479 g/mol. The molecule has 7 rings (SSSR count). The number of fused-ring (bicyclic) bond motifs is 7. The Morgan fingerprint density at radius 3 is 2.44 bits per heavy atom. The number of Topliss-reactive ketones (excluding diaryl/α,β-unsaturated/α-hetero) is 1. The molecule has 6 unspecified atom stereocenters. The molecule has 6 bridgehead atoms. The van der Waals surface area contributed by atoms with Gasteiger partial charge in [-0.1, -0.05) is 12.5 Å². The molecule has 7 nitrogen and oxygen atoms in total. The van der Waals surface area contributed by atoms with Crippen LogP contribution in [0.1, 0.15) is 62.5 Å². The molecule has 1 amide bonds. The number of piperidine rings is 2. The number of nitriles is 2. The SMILES string of the molecule is Cc1cc(C)cc(N2C3CCCC2N2C(=O)C4(C#N)C5CCCC4C(C#N)(C2=N3)C2=C5C(=O)CC2)c1. The predicted molar refractivity (Wildman–Crippen MR) is 132 cm³/mol. The third kappa shape index (κ3) is 2.31. The fourth-order valence-corrected chi connectivity index (χ4v) is 8.69. The van der Waals surface area contributed by atoms with Crippen LogP contribution in [0.3, 0.4) is 0 Å². The Labute approximate surface area is 211 Å². The summed E-state index contributed by atoms with van der Waals surface area (Å²) >= 11 is 0. The highest BCUT2D eigenvalue weighted by Gasteiger charge is 2.75. The Bertz CT molecular complexity index is 1370. The molecule has 36 heavy (non-hydrogen) atoms. The molecule has 2 saturated heterocycles. The van der Waals surface area contributed by atoms with Crippen molar-refractivity contribution in [1.82, 2.24) is 4.90 Å². The lowest BCUT2D eigenvalue weighted by Gasteiger charge is -2.64. The second-order valence-corrected chi connectivity index (χ2v) is 11.5. The average Bonchev–Trinajstić information content (AvgIpc) is 3.23. The van der Waals surface area contributed by atoms with Gasteiger partial charge in [0.05, 0.1) is 12.1 Å². The van der Waals surface area contributed by atoms with Crippen molar-refractivity contribution in [3.8, 4) is 12.1 Å². The third-order valence-corrected chi connectivity index (χ3v) is 9.82. The number of amidine groups is 1. The first-order valence-electron chi connectivity index (χ1n) is 13.3. The van der Waals surface area contributed by atoms with E-state index in [4.69, 9.17) is 4.99 Å². The van der Waals surface area contributed by atoms with Crippen LogP contribution in [0.5, 0.6) is 0 Å². The molecule has 3 fully saturated rings. The first-order chi connectivity index (χ1) is 17.4. The van der Waals surface area contributed by atoms with Crippen molar-refractivity contribution in [2.45, 2.75) is 77.5 Å². The number of carbonyl (C=O) groups excluding carboxylic acids is 2. The molecule has 6 aliphatic rings. The largest absolute Gasteiger partial charge is 0.328 e. The predicted octanol–water partition coefficient (Wildman–Crippen LogP) is 4.31. The van der Waals surface area contributed by atoms with E-state index in [9.17, 15) is 20.1 Å². The van der Waals surface area contributed by atoms with Crippen molar-refractivity contribution < 1.29 is 9.59 Å². The lowest BCUT2D eigenvalue weighted by Crippen LogP contribution is -2.76. The molecule has 0 spiro atoms. The Morgan fingerprint density at radius 1 is 0.972 bits per heavy atom. The van der Waals surface area contributed by atoms with Gasteiger partial charge in [-0.15, -0.1) is 0 Å². The molecule has 182 valence electrons. The van der Waals surface area contributed by atoms with Crippen LogP contribution in [-0.4, -0.2) is 34.8 Å². The third-order valence-electron chi connectivity index (χ3n) is 9.82. The fraction of sp³-hybridized carbons (Fsp3) is 0.552. The molecule has 3 heterocycles. The normalized spacial score (nSPS) is 38.2. The zero-order valence-electron chi connectivity index (χ0n) is 20.8. The second-order valence-electron chi connectivity index (χ2n) is 11.5. The van der Waals surface area contributed by atoms with E-state index >= 15 is 0 Å². The van der Waals surface area contributed by atoms with Gasteiger partial charge in [-0.2, -0.15) is 10.5 Å². The number of hydrogen-bond acceptors (Lipinski definition) is 6. The van der Waals surface area contributed by atoms with Gasteiger partial charge in [0.25, 0.3) is 5.91 Å². The maximum Gasteiger partial charge on any atom is 0.251 e. The highest BCUT2D eigenvalue weighted by atomic mass is 16.2. The van der Waals surface area contributed by atoms with E-state index in [0.717, 1.165) is 48.1 Å². The van der Waals surface area contributed by atoms with Gasteiger partial charge in [0.2, 0.25) is 0 Å². The molecular formula is C29H29N5O2. The Kier molecular flexibility index (Phi) is 4.28. The molecule has 0 N–H and O–H groups in total. The van der Waals surface area contributed by atoms with Crippen molar-refractivity contribution in [1.29, 1.82) is 10.5 Å². The topological polar surface area (TPSA) is 101 Å². The van der Waals surface area contributed by atoms with Gasteiger partial charge >= 0.3 is 0 Å². The molecule has 7 heteroatoms. The molecule has 1 aromatic carbocycles. The summed E-state index contributed by atoms with van der Waals surface area (Å²) in [5.74, 6) is -0.569. The molecule has 1 aromatic rings. The average molecular weight is 480 g/mol. The van der Waals surface area contributed by atoms with Crippen LogP contribution in [0.25, 0.3) is 0 Å². The van der Waals surface area contributed by atoms with Crippen LogP contribution in [0.2, 0.25) is 0 Å². The summed E-state index contributed by atoms with van der Waals surface area (Å²) in [6, 6.07) is 11.5. The van der Waals surface area contributed by atoms with Crippen LogP contribution in [0, 0.1) is 59.2 Å². The maximum absolute atomic E-state index is 14.7. The minimum atomic E-state index is -1.38. The number of rotatable bonds is 1. The van der Waals surface area contributed by atoms with Crippen molar-refractivity contribution in [3.63, 3.8) is 0 Å². The van der Waals surface area contributed by atoms with Gasteiger partial charge in [0.15, 0.2) is 5.78 Å². The number of allylic oxidation sites excluding steroid dienone is 1. The van der Waals surface area contributed by atoms with Gasteiger partial charge < -0.3 is 4.90 Å². The van der Waals surface area contributed by atoms with Crippen molar-refractivity contribution in [2.24, 2.45) is 27.7 Å².